The van der Waals surface area contributed by atoms with Gasteiger partial charge in [-0.3, -0.25) is 0 Å². The molecule has 3 heteroatoms. The van der Waals surface area contributed by atoms with Gasteiger partial charge in [-0.2, -0.15) is 0 Å². The summed E-state index contributed by atoms with van der Waals surface area (Å²) < 4.78 is 0. The topological polar surface area (TPSA) is 37.3 Å². The molecule has 0 heterocycles. The van der Waals surface area contributed by atoms with E-state index in [2.05, 4.69) is 11.8 Å². The Balaban J connectivity index is 2.30. The second kappa shape index (κ2) is 3.96. The number of benzene rings is 1. The molecule has 0 aromatic heterocycles. The molecule has 0 atom stereocenters. The van der Waals surface area contributed by atoms with Gasteiger partial charge in [0.15, 0.2) is 0 Å². The lowest BCUT2D eigenvalue weighted by Crippen LogP contribution is -1.97. The third kappa shape index (κ3) is 2.51. The highest BCUT2D eigenvalue weighted by Crippen LogP contribution is 2.27. The summed E-state index contributed by atoms with van der Waals surface area (Å²) in [6.07, 6.45) is 2.32. The van der Waals surface area contributed by atoms with Crippen molar-refractivity contribution in [1.29, 1.82) is 0 Å². The highest BCUT2D eigenvalue weighted by Gasteiger charge is 2.17. The van der Waals surface area contributed by atoms with Gasteiger partial charge in [0.2, 0.25) is 0 Å². The summed E-state index contributed by atoms with van der Waals surface area (Å²) in [5, 5.41) is 9.10. The molecule has 0 saturated heterocycles. The molecule has 1 fully saturated rings. The minimum atomic E-state index is -1.02. The number of hydrogen-bond donors (Lipinski definition) is 1. The van der Waals surface area contributed by atoms with E-state index in [4.69, 9.17) is 16.7 Å². The fourth-order valence-electron chi connectivity index (χ4n) is 1.18. The molecule has 1 N–H and O–H groups in total. The van der Waals surface area contributed by atoms with Crippen LogP contribution in [0.4, 0.5) is 0 Å². The van der Waals surface area contributed by atoms with E-state index in [0.29, 0.717) is 11.5 Å². The first kappa shape index (κ1) is 10.1. The molecule has 2 nitrogen and oxygen atoms in total. The molecular formula is C12H9ClO2. The van der Waals surface area contributed by atoms with Crippen LogP contribution in [0.3, 0.4) is 0 Å². The summed E-state index contributed by atoms with van der Waals surface area (Å²) in [5.74, 6) is 5.52. The average Bonchev–Trinajstić information content (AvgIpc) is 3.00. The Hall–Kier alpha value is -1.46. The first-order valence-corrected chi connectivity index (χ1v) is 5.09. The van der Waals surface area contributed by atoms with Gasteiger partial charge in [-0.05, 0) is 31.0 Å². The highest BCUT2D eigenvalue weighted by molar-refractivity contribution is 6.33. The van der Waals surface area contributed by atoms with E-state index in [1.807, 2.05) is 0 Å². The summed E-state index contributed by atoms with van der Waals surface area (Å²) in [5.41, 5.74) is 0.822. The van der Waals surface area contributed by atoms with Gasteiger partial charge in [-0.25, -0.2) is 4.79 Å². The number of carboxylic acid groups (broad SMARTS) is 1. The number of carbonyl (C=O) groups is 1. The summed E-state index contributed by atoms with van der Waals surface area (Å²) in [6.45, 7) is 0. The van der Waals surface area contributed by atoms with Crippen molar-refractivity contribution in [1.82, 2.24) is 0 Å². The number of hydrogen-bond acceptors (Lipinski definition) is 1. The molecule has 15 heavy (non-hydrogen) atoms. The zero-order valence-corrected chi connectivity index (χ0v) is 8.71. The van der Waals surface area contributed by atoms with E-state index in [1.54, 1.807) is 12.1 Å². The fourth-order valence-corrected chi connectivity index (χ4v) is 1.38. The van der Waals surface area contributed by atoms with Gasteiger partial charge in [-0.15, -0.1) is 0 Å². The Bertz CT molecular complexity index is 464. The van der Waals surface area contributed by atoms with E-state index in [0.717, 1.165) is 12.8 Å². The second-order valence-corrected chi connectivity index (χ2v) is 3.95. The Morgan fingerprint density at radius 1 is 1.47 bits per heavy atom. The SMILES string of the molecule is O=C(O)c1cc(C#CC2CC2)ccc1Cl. The summed E-state index contributed by atoms with van der Waals surface area (Å²) in [7, 11) is 0. The summed E-state index contributed by atoms with van der Waals surface area (Å²) in [4.78, 5) is 10.8. The lowest BCUT2D eigenvalue weighted by atomic mass is 10.1. The van der Waals surface area contributed by atoms with Gasteiger partial charge < -0.3 is 5.11 Å². The van der Waals surface area contributed by atoms with E-state index in [-0.39, 0.29) is 10.6 Å². The monoisotopic (exact) mass is 220 g/mol. The third-order valence-corrected chi connectivity index (χ3v) is 2.52. The van der Waals surface area contributed by atoms with E-state index in [1.165, 1.54) is 6.07 Å². The van der Waals surface area contributed by atoms with Crippen LogP contribution < -0.4 is 0 Å². The first-order valence-electron chi connectivity index (χ1n) is 4.71. The molecule has 0 aliphatic heterocycles. The number of halogens is 1. The van der Waals surface area contributed by atoms with Crippen LogP contribution in [-0.4, -0.2) is 11.1 Å². The third-order valence-electron chi connectivity index (χ3n) is 2.19. The van der Waals surface area contributed by atoms with Crippen LogP contribution in [0, 0.1) is 17.8 Å². The molecule has 0 amide bonds. The zero-order chi connectivity index (χ0) is 10.8. The summed E-state index contributed by atoms with van der Waals surface area (Å²) >= 11 is 5.74. The number of carboxylic acids is 1. The van der Waals surface area contributed by atoms with Gasteiger partial charge in [-0.1, -0.05) is 23.4 Å². The van der Waals surface area contributed by atoms with Crippen molar-refractivity contribution in [2.75, 3.05) is 0 Å². The molecular weight excluding hydrogens is 212 g/mol. The average molecular weight is 221 g/mol. The Morgan fingerprint density at radius 3 is 2.80 bits per heavy atom. The van der Waals surface area contributed by atoms with Gasteiger partial charge in [0.05, 0.1) is 10.6 Å². The highest BCUT2D eigenvalue weighted by atomic mass is 35.5. The molecule has 0 radical (unpaired) electrons. The lowest BCUT2D eigenvalue weighted by Gasteiger charge is -1.98. The number of aromatic carboxylic acids is 1. The molecule has 0 bridgehead atoms. The van der Waals surface area contributed by atoms with Crippen molar-refractivity contribution in [2.45, 2.75) is 12.8 Å². The molecule has 0 spiro atoms. The molecule has 0 unspecified atom stereocenters. The predicted octanol–water partition coefficient (Wildman–Crippen LogP) is 2.80. The molecule has 1 aromatic rings. The maximum atomic E-state index is 10.8. The van der Waals surface area contributed by atoms with Gasteiger partial charge in [0.25, 0.3) is 0 Å². The van der Waals surface area contributed by atoms with Crippen LogP contribution in [0.2, 0.25) is 5.02 Å². The molecule has 76 valence electrons. The van der Waals surface area contributed by atoms with E-state index in [9.17, 15) is 4.79 Å². The lowest BCUT2D eigenvalue weighted by molar-refractivity contribution is 0.0697. The standard InChI is InChI=1S/C12H9ClO2/c13-11-6-5-9(4-3-8-1-2-8)7-10(11)12(14)15/h5-8H,1-2H2,(H,14,15). The Morgan fingerprint density at radius 2 is 2.20 bits per heavy atom. The number of rotatable bonds is 1. The normalized spacial score (nSPS) is 14.2. The van der Waals surface area contributed by atoms with Gasteiger partial charge >= 0.3 is 5.97 Å². The van der Waals surface area contributed by atoms with Crippen LogP contribution in [0.25, 0.3) is 0 Å². The zero-order valence-electron chi connectivity index (χ0n) is 7.96. The van der Waals surface area contributed by atoms with E-state index < -0.39 is 5.97 Å². The van der Waals surface area contributed by atoms with Gasteiger partial charge in [0.1, 0.15) is 0 Å². The van der Waals surface area contributed by atoms with Crippen LogP contribution in [0.5, 0.6) is 0 Å². The molecule has 1 aliphatic rings. The van der Waals surface area contributed by atoms with Gasteiger partial charge in [0, 0.05) is 11.5 Å². The molecule has 2 rings (SSSR count). The van der Waals surface area contributed by atoms with Crippen LogP contribution >= 0.6 is 11.6 Å². The van der Waals surface area contributed by atoms with E-state index >= 15 is 0 Å². The quantitative estimate of drug-likeness (QED) is 0.739. The largest absolute Gasteiger partial charge is 0.478 e. The van der Waals surface area contributed by atoms with Crippen molar-refractivity contribution in [3.63, 3.8) is 0 Å². The van der Waals surface area contributed by atoms with Crippen molar-refractivity contribution in [2.24, 2.45) is 5.92 Å². The van der Waals surface area contributed by atoms with Crippen molar-refractivity contribution in [3.8, 4) is 11.8 Å². The van der Waals surface area contributed by atoms with Crippen LogP contribution in [0.1, 0.15) is 28.8 Å². The smallest absolute Gasteiger partial charge is 0.337 e. The first-order chi connectivity index (χ1) is 7.16. The Labute approximate surface area is 92.9 Å². The Kier molecular flexibility index (Phi) is 2.66. The maximum absolute atomic E-state index is 10.8. The maximum Gasteiger partial charge on any atom is 0.337 e. The summed E-state index contributed by atoms with van der Waals surface area (Å²) in [6, 6.07) is 4.83. The van der Waals surface area contributed by atoms with Crippen molar-refractivity contribution >= 4 is 17.6 Å². The molecule has 1 aliphatic carbocycles. The van der Waals surface area contributed by atoms with Crippen LogP contribution in [0.15, 0.2) is 18.2 Å². The second-order valence-electron chi connectivity index (χ2n) is 3.54. The minimum Gasteiger partial charge on any atom is -0.478 e. The molecule has 1 saturated carbocycles. The molecule has 1 aromatic carbocycles. The van der Waals surface area contributed by atoms with Crippen molar-refractivity contribution < 1.29 is 9.90 Å². The van der Waals surface area contributed by atoms with Crippen molar-refractivity contribution in [3.05, 3.63) is 34.3 Å². The fraction of sp³-hybridized carbons (Fsp3) is 0.250. The van der Waals surface area contributed by atoms with Crippen LogP contribution in [-0.2, 0) is 0 Å². The predicted molar refractivity (Wildman–Crippen MR) is 58.0 cm³/mol. The minimum absolute atomic E-state index is 0.110.